The Morgan fingerprint density at radius 2 is 2.00 bits per heavy atom. The summed E-state index contributed by atoms with van der Waals surface area (Å²) >= 11 is 5.81. The van der Waals surface area contributed by atoms with Crippen LogP contribution in [0.4, 0.5) is 5.82 Å². The second kappa shape index (κ2) is 8.65. The van der Waals surface area contributed by atoms with Crippen molar-refractivity contribution >= 4 is 28.4 Å². The molecule has 7 nitrogen and oxygen atoms in total. The minimum Gasteiger partial charge on any atom is -0.493 e. The summed E-state index contributed by atoms with van der Waals surface area (Å²) in [4.78, 5) is 2.26. The van der Waals surface area contributed by atoms with Gasteiger partial charge in [-0.2, -0.15) is 0 Å². The van der Waals surface area contributed by atoms with Crippen molar-refractivity contribution in [3.8, 4) is 11.6 Å². The molecule has 0 bridgehead atoms. The lowest BCUT2D eigenvalue weighted by molar-refractivity contribution is 0.258. The molecule has 0 atom stereocenters. The average Bonchev–Trinajstić information content (AvgIpc) is 3.12. The molecule has 1 aliphatic heterocycles. The molecule has 0 radical (unpaired) electrons. The Bertz CT molecular complexity index is 907. The Hall–Kier alpha value is -2.54. The van der Waals surface area contributed by atoms with Gasteiger partial charge in [-0.3, -0.25) is 0 Å². The summed E-state index contributed by atoms with van der Waals surface area (Å²) in [6.45, 7) is 5.12. The van der Waals surface area contributed by atoms with Crippen LogP contribution in [0.2, 0.25) is 5.15 Å². The van der Waals surface area contributed by atoms with Gasteiger partial charge in [0, 0.05) is 19.2 Å². The van der Waals surface area contributed by atoms with E-state index in [4.69, 9.17) is 25.6 Å². The van der Waals surface area contributed by atoms with Gasteiger partial charge in [0.1, 0.15) is 5.75 Å². The van der Waals surface area contributed by atoms with Crippen LogP contribution in [-0.2, 0) is 0 Å². The highest BCUT2D eigenvalue weighted by Gasteiger charge is 2.20. The molecule has 0 aliphatic carbocycles. The van der Waals surface area contributed by atoms with Crippen LogP contribution in [0.3, 0.4) is 0 Å². The van der Waals surface area contributed by atoms with E-state index in [1.54, 1.807) is 6.07 Å². The molecule has 2 aromatic heterocycles. The van der Waals surface area contributed by atoms with Crippen molar-refractivity contribution in [2.75, 3.05) is 31.2 Å². The highest BCUT2D eigenvalue weighted by molar-refractivity contribution is 6.29. The fourth-order valence-corrected chi connectivity index (χ4v) is 3.60. The molecule has 1 fully saturated rings. The maximum atomic E-state index is 5.93. The molecular formula is C20H23ClN4O3. The van der Waals surface area contributed by atoms with Crippen molar-refractivity contribution in [1.29, 1.82) is 0 Å². The molecule has 28 heavy (non-hydrogen) atoms. The summed E-state index contributed by atoms with van der Waals surface area (Å²) in [5, 5.41) is 13.3. The number of hydrogen-bond acceptors (Lipinski definition) is 7. The highest BCUT2D eigenvalue weighted by Crippen LogP contribution is 2.29. The zero-order valence-corrected chi connectivity index (χ0v) is 16.6. The van der Waals surface area contributed by atoms with Crippen LogP contribution in [0.25, 0.3) is 11.0 Å². The summed E-state index contributed by atoms with van der Waals surface area (Å²) < 4.78 is 16.7. The SMILES string of the molecule is CCOc1noc2cc(OCCC3CCN(c4ccc(Cl)nn4)CC3)ccc12. The summed E-state index contributed by atoms with van der Waals surface area (Å²) in [5.74, 6) is 2.86. The quantitative estimate of drug-likeness (QED) is 0.581. The topological polar surface area (TPSA) is 73.5 Å². The summed E-state index contributed by atoms with van der Waals surface area (Å²) in [7, 11) is 0. The van der Waals surface area contributed by atoms with Crippen molar-refractivity contribution in [3.05, 3.63) is 35.5 Å². The number of benzene rings is 1. The third-order valence-corrected chi connectivity index (χ3v) is 5.24. The zero-order valence-electron chi connectivity index (χ0n) is 15.8. The van der Waals surface area contributed by atoms with Crippen LogP contribution >= 0.6 is 11.6 Å². The molecule has 3 aromatic rings. The number of piperidine rings is 1. The molecule has 0 saturated carbocycles. The summed E-state index contributed by atoms with van der Waals surface area (Å²) in [5.41, 5.74) is 0.679. The number of rotatable bonds is 7. The van der Waals surface area contributed by atoms with Gasteiger partial charge < -0.3 is 18.9 Å². The van der Waals surface area contributed by atoms with Crippen LogP contribution in [0, 0.1) is 5.92 Å². The normalized spacial score (nSPS) is 15.1. The lowest BCUT2D eigenvalue weighted by Crippen LogP contribution is -2.34. The molecule has 0 spiro atoms. The zero-order chi connectivity index (χ0) is 19.3. The van der Waals surface area contributed by atoms with Crippen molar-refractivity contribution in [2.24, 2.45) is 5.92 Å². The smallest absolute Gasteiger partial charge is 0.262 e. The lowest BCUT2D eigenvalue weighted by Gasteiger charge is -2.32. The fraction of sp³-hybridized carbons (Fsp3) is 0.450. The fourth-order valence-electron chi connectivity index (χ4n) is 3.50. The Morgan fingerprint density at radius 3 is 2.75 bits per heavy atom. The first-order valence-corrected chi connectivity index (χ1v) is 10.00. The van der Waals surface area contributed by atoms with E-state index in [9.17, 15) is 0 Å². The lowest BCUT2D eigenvalue weighted by atomic mass is 9.94. The number of anilines is 1. The van der Waals surface area contributed by atoms with Gasteiger partial charge >= 0.3 is 0 Å². The average molecular weight is 403 g/mol. The van der Waals surface area contributed by atoms with Crippen molar-refractivity contribution in [1.82, 2.24) is 15.4 Å². The molecule has 1 saturated heterocycles. The van der Waals surface area contributed by atoms with E-state index in [0.29, 0.717) is 35.7 Å². The van der Waals surface area contributed by atoms with E-state index in [1.807, 2.05) is 31.2 Å². The van der Waals surface area contributed by atoms with E-state index in [2.05, 4.69) is 20.3 Å². The van der Waals surface area contributed by atoms with Gasteiger partial charge in [0.05, 0.1) is 18.6 Å². The Kier molecular flexibility index (Phi) is 5.81. The maximum Gasteiger partial charge on any atom is 0.262 e. The molecular weight excluding hydrogens is 380 g/mol. The van der Waals surface area contributed by atoms with Gasteiger partial charge in [0.15, 0.2) is 16.6 Å². The van der Waals surface area contributed by atoms with Crippen LogP contribution in [-0.4, -0.2) is 41.7 Å². The van der Waals surface area contributed by atoms with Gasteiger partial charge in [-0.1, -0.05) is 11.6 Å². The van der Waals surface area contributed by atoms with Gasteiger partial charge in [-0.25, -0.2) is 0 Å². The monoisotopic (exact) mass is 402 g/mol. The van der Waals surface area contributed by atoms with Gasteiger partial charge in [-0.15, -0.1) is 10.2 Å². The summed E-state index contributed by atoms with van der Waals surface area (Å²) in [6.07, 6.45) is 3.26. The number of nitrogens with zero attached hydrogens (tertiary/aromatic N) is 4. The first kappa shape index (κ1) is 18.8. The van der Waals surface area contributed by atoms with Crippen molar-refractivity contribution in [2.45, 2.75) is 26.2 Å². The minimum atomic E-state index is 0.424. The second-order valence-electron chi connectivity index (χ2n) is 6.86. The third kappa shape index (κ3) is 4.30. The van der Waals surface area contributed by atoms with Gasteiger partial charge in [-0.05, 0) is 61.5 Å². The first-order valence-electron chi connectivity index (χ1n) is 9.62. The van der Waals surface area contributed by atoms with Crippen LogP contribution in [0.15, 0.2) is 34.9 Å². The van der Waals surface area contributed by atoms with Crippen molar-refractivity contribution in [3.63, 3.8) is 0 Å². The molecule has 148 valence electrons. The predicted octanol–water partition coefficient (Wildman–Crippen LogP) is 4.36. The van der Waals surface area contributed by atoms with E-state index in [1.165, 1.54) is 0 Å². The van der Waals surface area contributed by atoms with Gasteiger partial charge in [0.2, 0.25) is 0 Å². The highest BCUT2D eigenvalue weighted by atomic mass is 35.5. The van der Waals surface area contributed by atoms with E-state index in [0.717, 1.165) is 49.3 Å². The summed E-state index contributed by atoms with van der Waals surface area (Å²) in [6, 6.07) is 9.44. The molecule has 1 aliphatic rings. The predicted molar refractivity (Wildman–Crippen MR) is 107 cm³/mol. The molecule has 3 heterocycles. The minimum absolute atomic E-state index is 0.424. The van der Waals surface area contributed by atoms with E-state index < -0.39 is 0 Å². The van der Waals surface area contributed by atoms with Crippen molar-refractivity contribution < 1.29 is 14.0 Å². The standard InChI is InChI=1S/C20H23ClN4O3/c1-2-26-20-16-4-3-15(13-17(16)28-24-20)27-12-9-14-7-10-25(11-8-14)19-6-5-18(21)22-23-19/h3-6,13-14H,2,7-12H2,1H3. The first-order chi connectivity index (χ1) is 13.7. The van der Waals surface area contributed by atoms with Crippen LogP contribution in [0.5, 0.6) is 11.6 Å². The third-order valence-electron chi connectivity index (χ3n) is 5.04. The number of fused-ring (bicyclic) bond motifs is 1. The Morgan fingerprint density at radius 1 is 1.14 bits per heavy atom. The molecule has 1 aromatic carbocycles. The van der Waals surface area contributed by atoms with E-state index in [-0.39, 0.29) is 0 Å². The van der Waals surface area contributed by atoms with Crippen LogP contribution < -0.4 is 14.4 Å². The largest absolute Gasteiger partial charge is 0.493 e. The second-order valence-corrected chi connectivity index (χ2v) is 7.25. The molecule has 0 amide bonds. The van der Waals surface area contributed by atoms with Gasteiger partial charge in [0.25, 0.3) is 5.88 Å². The Balaban J connectivity index is 1.24. The molecule has 8 heteroatoms. The molecule has 4 rings (SSSR count). The number of hydrogen-bond donors (Lipinski definition) is 0. The molecule has 0 N–H and O–H groups in total. The molecule has 0 unspecified atom stereocenters. The Labute approximate surface area is 168 Å². The number of aromatic nitrogens is 3. The number of halogens is 1. The van der Waals surface area contributed by atoms with Crippen LogP contribution in [0.1, 0.15) is 26.2 Å². The van der Waals surface area contributed by atoms with E-state index >= 15 is 0 Å². The number of ether oxygens (including phenoxy) is 2. The maximum absolute atomic E-state index is 5.93.